The molecule has 3 fully saturated rings. The van der Waals surface area contributed by atoms with Gasteiger partial charge in [0.05, 0.1) is 0 Å². The summed E-state index contributed by atoms with van der Waals surface area (Å²) in [6.07, 6.45) is 6.04. The molecule has 1 N–H and O–H groups in total. The molecule has 7 nitrogen and oxygen atoms in total. The van der Waals surface area contributed by atoms with Gasteiger partial charge in [0.25, 0.3) is 5.91 Å². The van der Waals surface area contributed by atoms with Gasteiger partial charge in [0.1, 0.15) is 0 Å². The molecular weight excluding hydrogens is 330 g/mol. The van der Waals surface area contributed by atoms with E-state index in [0.29, 0.717) is 17.7 Å². The minimum absolute atomic E-state index is 0.0988. The van der Waals surface area contributed by atoms with Crippen molar-refractivity contribution in [2.45, 2.75) is 58.5 Å². The number of carbonyl (C=O) groups is 1. The highest BCUT2D eigenvalue weighted by Crippen LogP contribution is 2.35. The summed E-state index contributed by atoms with van der Waals surface area (Å²) in [5, 5.41) is 11.7. The SMILES string of the molecule is CC(C)NC(=O)c1nnc(N2CCC(C3CCOCC3)C2)n1CC1CC1. The van der Waals surface area contributed by atoms with Crippen molar-refractivity contribution < 1.29 is 9.53 Å². The van der Waals surface area contributed by atoms with Crippen molar-refractivity contribution in [3.8, 4) is 0 Å². The zero-order valence-corrected chi connectivity index (χ0v) is 16.0. The topological polar surface area (TPSA) is 72.3 Å². The highest BCUT2D eigenvalue weighted by molar-refractivity contribution is 5.91. The van der Waals surface area contributed by atoms with Gasteiger partial charge >= 0.3 is 0 Å². The second kappa shape index (κ2) is 7.55. The summed E-state index contributed by atoms with van der Waals surface area (Å²) in [7, 11) is 0. The molecule has 2 aliphatic heterocycles. The Labute approximate surface area is 155 Å². The van der Waals surface area contributed by atoms with Crippen molar-refractivity contribution in [1.29, 1.82) is 0 Å². The molecule has 7 heteroatoms. The van der Waals surface area contributed by atoms with E-state index in [-0.39, 0.29) is 11.9 Å². The minimum Gasteiger partial charge on any atom is -0.381 e. The first-order valence-electron chi connectivity index (χ1n) is 10.2. The smallest absolute Gasteiger partial charge is 0.289 e. The van der Waals surface area contributed by atoms with Crippen molar-refractivity contribution >= 4 is 11.9 Å². The Kier molecular flexibility index (Phi) is 5.16. The summed E-state index contributed by atoms with van der Waals surface area (Å²) >= 11 is 0. The molecule has 1 aromatic rings. The maximum atomic E-state index is 12.6. The van der Waals surface area contributed by atoms with Crippen LogP contribution in [-0.4, -0.2) is 53.0 Å². The van der Waals surface area contributed by atoms with Crippen molar-refractivity contribution in [2.24, 2.45) is 17.8 Å². The van der Waals surface area contributed by atoms with E-state index in [1.165, 1.54) is 32.1 Å². The first-order chi connectivity index (χ1) is 12.6. The fourth-order valence-corrected chi connectivity index (χ4v) is 4.29. The number of nitrogens with zero attached hydrogens (tertiary/aromatic N) is 4. The van der Waals surface area contributed by atoms with E-state index in [0.717, 1.165) is 44.7 Å². The molecule has 1 aromatic heterocycles. The summed E-state index contributed by atoms with van der Waals surface area (Å²) < 4.78 is 7.59. The summed E-state index contributed by atoms with van der Waals surface area (Å²) in [6.45, 7) is 8.65. The number of rotatable bonds is 6. The van der Waals surface area contributed by atoms with Gasteiger partial charge < -0.3 is 15.0 Å². The predicted octanol–water partition coefficient (Wildman–Crippen LogP) is 2.08. The average Bonchev–Trinajstić information content (AvgIpc) is 3.15. The number of ether oxygens (including phenoxy) is 1. The largest absolute Gasteiger partial charge is 0.381 e. The molecule has 144 valence electrons. The fraction of sp³-hybridized carbons (Fsp3) is 0.842. The lowest BCUT2D eigenvalue weighted by atomic mass is 9.85. The van der Waals surface area contributed by atoms with Crippen molar-refractivity contribution in [1.82, 2.24) is 20.1 Å². The first-order valence-corrected chi connectivity index (χ1v) is 10.2. The average molecular weight is 361 g/mol. The third-order valence-electron chi connectivity index (χ3n) is 5.93. The Morgan fingerprint density at radius 1 is 1.15 bits per heavy atom. The van der Waals surface area contributed by atoms with Gasteiger partial charge in [0, 0.05) is 38.9 Å². The van der Waals surface area contributed by atoms with Crippen LogP contribution in [0.25, 0.3) is 0 Å². The standard InChI is InChI=1S/C19H31N5O2/c1-13(2)20-18(25)17-21-22-19(24(17)11-14-3-4-14)23-8-5-16(12-23)15-6-9-26-10-7-15/h13-16H,3-12H2,1-2H3,(H,20,25). The zero-order valence-electron chi connectivity index (χ0n) is 16.0. The Bertz CT molecular complexity index is 634. The van der Waals surface area contributed by atoms with E-state index in [9.17, 15) is 4.79 Å². The van der Waals surface area contributed by atoms with Crippen LogP contribution in [0.3, 0.4) is 0 Å². The van der Waals surface area contributed by atoms with Gasteiger partial charge in [-0.2, -0.15) is 0 Å². The molecule has 1 saturated carbocycles. The Balaban J connectivity index is 1.50. The number of hydrogen-bond acceptors (Lipinski definition) is 5. The maximum Gasteiger partial charge on any atom is 0.289 e. The number of anilines is 1. The number of aromatic nitrogens is 3. The third kappa shape index (κ3) is 3.87. The molecule has 0 radical (unpaired) electrons. The number of carbonyl (C=O) groups excluding carboxylic acids is 1. The second-order valence-corrected chi connectivity index (χ2v) is 8.45. The van der Waals surface area contributed by atoms with Crippen LogP contribution < -0.4 is 10.2 Å². The van der Waals surface area contributed by atoms with Crippen molar-refractivity contribution in [3.63, 3.8) is 0 Å². The molecule has 4 rings (SSSR count). The minimum atomic E-state index is -0.112. The molecule has 26 heavy (non-hydrogen) atoms. The number of amides is 1. The highest BCUT2D eigenvalue weighted by atomic mass is 16.5. The van der Waals surface area contributed by atoms with E-state index in [1.54, 1.807) is 0 Å². The molecule has 1 aliphatic carbocycles. The van der Waals surface area contributed by atoms with Crippen molar-refractivity contribution in [3.05, 3.63) is 5.82 Å². The summed E-state index contributed by atoms with van der Waals surface area (Å²) in [5.41, 5.74) is 0. The van der Waals surface area contributed by atoms with Crippen LogP contribution >= 0.6 is 0 Å². The molecule has 3 aliphatic rings. The third-order valence-corrected chi connectivity index (χ3v) is 5.93. The van der Waals surface area contributed by atoms with Crippen LogP contribution in [0.4, 0.5) is 5.95 Å². The van der Waals surface area contributed by atoms with E-state index < -0.39 is 0 Å². The normalized spacial score (nSPS) is 24.4. The fourth-order valence-electron chi connectivity index (χ4n) is 4.29. The van der Waals surface area contributed by atoms with Crippen LogP contribution in [-0.2, 0) is 11.3 Å². The molecular formula is C19H31N5O2. The Hall–Kier alpha value is -1.63. The number of nitrogens with one attached hydrogen (secondary N) is 1. The maximum absolute atomic E-state index is 12.6. The molecule has 1 amide bonds. The van der Waals surface area contributed by atoms with Gasteiger partial charge in [-0.05, 0) is 63.7 Å². The van der Waals surface area contributed by atoms with Gasteiger partial charge in [0.15, 0.2) is 0 Å². The van der Waals surface area contributed by atoms with E-state index in [1.807, 2.05) is 13.8 Å². The van der Waals surface area contributed by atoms with Gasteiger partial charge in [-0.15, -0.1) is 10.2 Å². The first kappa shape index (κ1) is 17.8. The lowest BCUT2D eigenvalue weighted by molar-refractivity contribution is 0.0500. The molecule has 2 saturated heterocycles. The summed E-state index contributed by atoms with van der Waals surface area (Å²) in [4.78, 5) is 14.9. The molecule has 1 unspecified atom stereocenters. The highest BCUT2D eigenvalue weighted by Gasteiger charge is 2.35. The summed E-state index contributed by atoms with van der Waals surface area (Å²) in [5.74, 6) is 3.38. The van der Waals surface area contributed by atoms with Gasteiger partial charge in [0.2, 0.25) is 11.8 Å². The number of hydrogen-bond donors (Lipinski definition) is 1. The summed E-state index contributed by atoms with van der Waals surface area (Å²) in [6, 6.07) is 0.0988. The predicted molar refractivity (Wildman–Crippen MR) is 99.2 cm³/mol. The molecule has 1 atom stereocenters. The van der Waals surface area contributed by atoms with Gasteiger partial charge in [-0.1, -0.05) is 0 Å². The van der Waals surface area contributed by atoms with Crippen LogP contribution in [0.2, 0.25) is 0 Å². The monoisotopic (exact) mass is 361 g/mol. The molecule has 0 spiro atoms. The lowest BCUT2D eigenvalue weighted by Crippen LogP contribution is -2.33. The Morgan fingerprint density at radius 2 is 1.92 bits per heavy atom. The molecule has 0 bridgehead atoms. The van der Waals surface area contributed by atoms with E-state index in [4.69, 9.17) is 4.74 Å². The Morgan fingerprint density at radius 3 is 2.62 bits per heavy atom. The second-order valence-electron chi connectivity index (χ2n) is 8.45. The van der Waals surface area contributed by atoms with Gasteiger partial charge in [-0.3, -0.25) is 9.36 Å². The van der Waals surface area contributed by atoms with Crippen LogP contribution in [0.1, 0.15) is 56.6 Å². The molecule has 0 aromatic carbocycles. The van der Waals surface area contributed by atoms with Gasteiger partial charge in [-0.25, -0.2) is 0 Å². The lowest BCUT2D eigenvalue weighted by Gasteiger charge is -2.27. The van der Waals surface area contributed by atoms with E-state index >= 15 is 0 Å². The van der Waals surface area contributed by atoms with Crippen molar-refractivity contribution in [2.75, 3.05) is 31.2 Å². The van der Waals surface area contributed by atoms with Crippen LogP contribution in [0.5, 0.6) is 0 Å². The quantitative estimate of drug-likeness (QED) is 0.840. The van der Waals surface area contributed by atoms with Crippen LogP contribution in [0.15, 0.2) is 0 Å². The van der Waals surface area contributed by atoms with E-state index in [2.05, 4.69) is 25.0 Å². The molecule has 3 heterocycles. The zero-order chi connectivity index (χ0) is 18.1. The van der Waals surface area contributed by atoms with Crippen LogP contribution in [0, 0.1) is 17.8 Å².